The molecule has 0 aliphatic carbocycles. The molecule has 13 heavy (non-hydrogen) atoms. The van der Waals surface area contributed by atoms with Gasteiger partial charge in [-0.2, -0.15) is 0 Å². The Balaban J connectivity index is 2.28. The third-order valence-electron chi connectivity index (χ3n) is 2.45. The quantitative estimate of drug-likeness (QED) is 0.674. The maximum atomic E-state index is 11.3. The number of carbonyl (C=O) groups is 1. The summed E-state index contributed by atoms with van der Waals surface area (Å²) >= 11 is 0. The highest BCUT2D eigenvalue weighted by Gasteiger charge is 2.22. The average molecular weight is 185 g/mol. The Morgan fingerprint density at radius 1 is 1.62 bits per heavy atom. The maximum Gasteiger partial charge on any atom is 0.317 e. The highest BCUT2D eigenvalue weighted by atomic mass is 16.2. The minimum absolute atomic E-state index is 0.0166. The van der Waals surface area contributed by atoms with Crippen molar-refractivity contribution in [3.05, 3.63) is 0 Å². The summed E-state index contributed by atoms with van der Waals surface area (Å²) in [7, 11) is 3.53. The number of likely N-dealkylation sites (tertiary alicyclic amines) is 1. The lowest BCUT2D eigenvalue weighted by atomic mass is 10.3. The fourth-order valence-corrected chi connectivity index (χ4v) is 1.54. The number of likely N-dealkylation sites (N-methyl/N-ethyl adjacent to an activating group) is 1. The third kappa shape index (κ3) is 2.88. The zero-order valence-electron chi connectivity index (χ0n) is 8.71. The molecule has 0 saturated carbocycles. The summed E-state index contributed by atoms with van der Waals surface area (Å²) in [4.78, 5) is 15.2. The number of urea groups is 1. The van der Waals surface area contributed by atoms with Gasteiger partial charge in [-0.15, -0.1) is 0 Å². The fraction of sp³-hybridized carbons (Fsp3) is 0.889. The third-order valence-corrected chi connectivity index (χ3v) is 2.45. The van der Waals surface area contributed by atoms with Gasteiger partial charge in [0.25, 0.3) is 0 Å². The zero-order valence-corrected chi connectivity index (χ0v) is 8.71. The molecule has 1 rings (SSSR count). The maximum absolute atomic E-state index is 11.3. The van der Waals surface area contributed by atoms with Crippen molar-refractivity contribution in [1.82, 2.24) is 15.1 Å². The second kappa shape index (κ2) is 4.46. The van der Waals surface area contributed by atoms with Crippen LogP contribution in [0.4, 0.5) is 4.79 Å². The number of rotatable bonds is 2. The largest absolute Gasteiger partial charge is 0.334 e. The van der Waals surface area contributed by atoms with Gasteiger partial charge in [-0.3, -0.25) is 0 Å². The molecular formula is C9H19N3O. The van der Waals surface area contributed by atoms with Crippen molar-refractivity contribution in [1.29, 1.82) is 0 Å². The fourth-order valence-electron chi connectivity index (χ4n) is 1.54. The molecule has 1 aliphatic heterocycles. The van der Waals surface area contributed by atoms with E-state index in [9.17, 15) is 4.79 Å². The molecule has 4 heteroatoms. The van der Waals surface area contributed by atoms with Crippen molar-refractivity contribution in [3.8, 4) is 0 Å². The molecule has 1 saturated heterocycles. The average Bonchev–Trinajstić information content (AvgIpc) is 2.52. The molecule has 0 aromatic heterocycles. The van der Waals surface area contributed by atoms with Crippen LogP contribution in [0.15, 0.2) is 0 Å². The van der Waals surface area contributed by atoms with Crippen molar-refractivity contribution in [2.24, 2.45) is 0 Å². The van der Waals surface area contributed by atoms with Crippen LogP contribution in [0.3, 0.4) is 0 Å². The second-order valence-corrected chi connectivity index (χ2v) is 3.72. The molecule has 1 atom stereocenters. The number of hydrogen-bond donors (Lipinski definition) is 1. The topological polar surface area (TPSA) is 35.6 Å². The van der Waals surface area contributed by atoms with Gasteiger partial charge in [0.15, 0.2) is 0 Å². The van der Waals surface area contributed by atoms with Gasteiger partial charge in [0.05, 0.1) is 0 Å². The van der Waals surface area contributed by atoms with E-state index in [4.69, 9.17) is 0 Å². The van der Waals surface area contributed by atoms with Crippen LogP contribution in [0.25, 0.3) is 0 Å². The number of nitrogens with zero attached hydrogens (tertiary/aromatic N) is 2. The standard InChI is InChI=1S/C9H19N3O/c1-4-12-6-5-8(7-12)10-9(13)11(2)3/h8H,4-7H2,1-3H3,(H,10,13). The minimum atomic E-state index is 0.0166. The van der Waals surface area contributed by atoms with Crippen molar-refractivity contribution in [2.45, 2.75) is 19.4 Å². The summed E-state index contributed by atoms with van der Waals surface area (Å²) < 4.78 is 0. The molecule has 76 valence electrons. The summed E-state index contributed by atoms with van der Waals surface area (Å²) in [6.07, 6.45) is 1.08. The van der Waals surface area contributed by atoms with Crippen LogP contribution in [-0.4, -0.2) is 55.6 Å². The smallest absolute Gasteiger partial charge is 0.317 e. The number of amides is 2. The van der Waals surface area contributed by atoms with Gasteiger partial charge in [-0.25, -0.2) is 4.79 Å². The van der Waals surface area contributed by atoms with Crippen molar-refractivity contribution in [3.63, 3.8) is 0 Å². The Bertz CT molecular complexity index is 182. The molecule has 0 aromatic rings. The van der Waals surface area contributed by atoms with Gasteiger partial charge in [0, 0.05) is 33.2 Å². The van der Waals surface area contributed by atoms with E-state index in [1.54, 1.807) is 19.0 Å². The van der Waals surface area contributed by atoms with E-state index in [2.05, 4.69) is 17.1 Å². The van der Waals surface area contributed by atoms with Crippen LogP contribution in [0.5, 0.6) is 0 Å². The van der Waals surface area contributed by atoms with Crippen molar-refractivity contribution < 1.29 is 4.79 Å². The summed E-state index contributed by atoms with van der Waals surface area (Å²) in [5.41, 5.74) is 0. The summed E-state index contributed by atoms with van der Waals surface area (Å²) in [5.74, 6) is 0. The monoisotopic (exact) mass is 185 g/mol. The predicted molar refractivity (Wildman–Crippen MR) is 52.7 cm³/mol. The van der Waals surface area contributed by atoms with Crippen LogP contribution >= 0.6 is 0 Å². The minimum Gasteiger partial charge on any atom is -0.334 e. The summed E-state index contributed by atoms with van der Waals surface area (Å²) in [6.45, 7) is 5.33. The first-order valence-electron chi connectivity index (χ1n) is 4.83. The summed E-state index contributed by atoms with van der Waals surface area (Å²) in [5, 5.41) is 2.99. The number of nitrogens with one attached hydrogen (secondary N) is 1. The molecule has 1 unspecified atom stereocenters. The number of carbonyl (C=O) groups excluding carboxylic acids is 1. The van der Waals surface area contributed by atoms with Gasteiger partial charge < -0.3 is 15.1 Å². The zero-order chi connectivity index (χ0) is 9.84. The lowest BCUT2D eigenvalue weighted by Crippen LogP contribution is -2.42. The molecule has 0 bridgehead atoms. The normalized spacial score (nSPS) is 23.2. The molecule has 0 radical (unpaired) electrons. The van der Waals surface area contributed by atoms with Crippen LogP contribution in [0.2, 0.25) is 0 Å². The number of hydrogen-bond acceptors (Lipinski definition) is 2. The molecule has 1 aliphatic rings. The molecule has 1 fully saturated rings. The van der Waals surface area contributed by atoms with Crippen LogP contribution in [-0.2, 0) is 0 Å². The second-order valence-electron chi connectivity index (χ2n) is 3.72. The van der Waals surface area contributed by atoms with E-state index >= 15 is 0 Å². The molecule has 4 nitrogen and oxygen atoms in total. The first-order valence-corrected chi connectivity index (χ1v) is 4.83. The lowest BCUT2D eigenvalue weighted by molar-refractivity contribution is 0.213. The molecule has 1 heterocycles. The highest BCUT2D eigenvalue weighted by molar-refractivity contribution is 5.73. The van der Waals surface area contributed by atoms with Gasteiger partial charge in [-0.1, -0.05) is 6.92 Å². The van der Waals surface area contributed by atoms with Gasteiger partial charge in [0.2, 0.25) is 0 Å². The van der Waals surface area contributed by atoms with E-state index in [0.717, 1.165) is 26.1 Å². The van der Waals surface area contributed by atoms with Crippen LogP contribution in [0.1, 0.15) is 13.3 Å². The van der Waals surface area contributed by atoms with Gasteiger partial charge in [-0.05, 0) is 13.0 Å². The van der Waals surface area contributed by atoms with Crippen LogP contribution < -0.4 is 5.32 Å². The van der Waals surface area contributed by atoms with E-state index in [1.807, 2.05) is 0 Å². The molecule has 0 spiro atoms. The lowest BCUT2D eigenvalue weighted by Gasteiger charge is -2.17. The molecule has 0 aromatic carbocycles. The Labute approximate surface area is 79.9 Å². The highest BCUT2D eigenvalue weighted by Crippen LogP contribution is 2.08. The van der Waals surface area contributed by atoms with E-state index in [1.165, 1.54) is 0 Å². The van der Waals surface area contributed by atoms with Gasteiger partial charge in [0.1, 0.15) is 0 Å². The van der Waals surface area contributed by atoms with E-state index < -0.39 is 0 Å². The van der Waals surface area contributed by atoms with Gasteiger partial charge >= 0.3 is 6.03 Å². The Hall–Kier alpha value is -0.770. The van der Waals surface area contributed by atoms with Crippen molar-refractivity contribution in [2.75, 3.05) is 33.7 Å². The summed E-state index contributed by atoms with van der Waals surface area (Å²) in [6, 6.07) is 0.359. The van der Waals surface area contributed by atoms with Crippen molar-refractivity contribution >= 4 is 6.03 Å². The predicted octanol–water partition coefficient (Wildman–Crippen LogP) is 0.352. The van der Waals surface area contributed by atoms with E-state index in [0.29, 0.717) is 6.04 Å². The SMILES string of the molecule is CCN1CCC(NC(=O)N(C)C)C1. The molecule has 1 N–H and O–H groups in total. The first kappa shape index (κ1) is 10.3. The van der Waals surface area contributed by atoms with Crippen LogP contribution in [0, 0.1) is 0 Å². The van der Waals surface area contributed by atoms with E-state index in [-0.39, 0.29) is 6.03 Å². The Kier molecular flexibility index (Phi) is 3.54. The first-order chi connectivity index (χ1) is 6.13. The Morgan fingerprint density at radius 2 is 2.31 bits per heavy atom. The molecular weight excluding hydrogens is 166 g/mol. The Morgan fingerprint density at radius 3 is 2.77 bits per heavy atom. The molecule has 2 amide bonds.